The molecule has 0 atom stereocenters. The van der Waals surface area contributed by atoms with E-state index in [2.05, 4.69) is 20.5 Å². The molecule has 9 nitrogen and oxygen atoms in total. The quantitative estimate of drug-likeness (QED) is 0.554. The Bertz CT molecular complexity index is 1210. The van der Waals surface area contributed by atoms with E-state index in [1.54, 1.807) is 12.3 Å². The minimum absolute atomic E-state index is 0.0118. The number of nitrogens with zero attached hydrogens (tertiary/aromatic N) is 2. The molecular formula is C19H18FN5O4S. The maximum absolute atomic E-state index is 14.4. The van der Waals surface area contributed by atoms with Crippen molar-refractivity contribution < 1.29 is 22.4 Å². The van der Waals surface area contributed by atoms with Crippen LogP contribution in [-0.2, 0) is 14.8 Å². The van der Waals surface area contributed by atoms with Crippen molar-refractivity contribution in [3.05, 3.63) is 66.2 Å². The molecule has 0 aliphatic rings. The number of sulfonamides is 1. The molecule has 0 unspecified atom stereocenters. The maximum Gasteiger partial charge on any atom is 0.257 e. The van der Waals surface area contributed by atoms with E-state index in [4.69, 9.17) is 0 Å². The lowest BCUT2D eigenvalue weighted by Crippen LogP contribution is -2.18. The van der Waals surface area contributed by atoms with Gasteiger partial charge < -0.3 is 10.6 Å². The molecule has 2 aromatic carbocycles. The summed E-state index contributed by atoms with van der Waals surface area (Å²) in [6.45, 7) is 1.30. The van der Waals surface area contributed by atoms with Gasteiger partial charge in [0.15, 0.2) is 5.82 Å². The number of benzene rings is 2. The number of rotatable bonds is 6. The Labute approximate surface area is 172 Å². The van der Waals surface area contributed by atoms with E-state index in [-0.39, 0.29) is 28.5 Å². The Balaban J connectivity index is 1.91. The Morgan fingerprint density at radius 3 is 2.37 bits per heavy atom. The lowest BCUT2D eigenvalue weighted by Gasteiger charge is -2.14. The van der Waals surface area contributed by atoms with E-state index >= 15 is 0 Å². The standard InChI is InChI=1S/C19H18FN5O4S/c1-12(26)22-13-4-6-17(24-30(2,28)29)15(10-13)19(27)23-14-5-7-18(16(20)11-14)25-9-3-8-21-25/h3-11,24H,1-2H3,(H,22,26)(H,23,27). The second kappa shape index (κ2) is 8.33. The van der Waals surface area contributed by atoms with Crippen LogP contribution in [0.2, 0.25) is 0 Å². The highest BCUT2D eigenvalue weighted by atomic mass is 32.2. The third-order valence-electron chi connectivity index (χ3n) is 3.84. The van der Waals surface area contributed by atoms with Crippen LogP contribution in [0.25, 0.3) is 5.69 Å². The van der Waals surface area contributed by atoms with Gasteiger partial charge in [0, 0.05) is 30.7 Å². The molecule has 0 saturated heterocycles. The number of halogens is 1. The first kappa shape index (κ1) is 21.0. The smallest absolute Gasteiger partial charge is 0.257 e. The van der Waals surface area contributed by atoms with Gasteiger partial charge >= 0.3 is 0 Å². The van der Waals surface area contributed by atoms with Crippen molar-refractivity contribution in [3.63, 3.8) is 0 Å². The number of carbonyl (C=O) groups excluding carboxylic acids is 2. The van der Waals surface area contributed by atoms with Gasteiger partial charge in [-0.2, -0.15) is 5.10 Å². The van der Waals surface area contributed by atoms with Gasteiger partial charge in [-0.3, -0.25) is 14.3 Å². The summed E-state index contributed by atoms with van der Waals surface area (Å²) in [6, 6.07) is 9.82. The maximum atomic E-state index is 14.4. The van der Waals surface area contributed by atoms with E-state index in [0.29, 0.717) is 5.69 Å². The zero-order chi connectivity index (χ0) is 21.9. The highest BCUT2D eigenvalue weighted by Crippen LogP contribution is 2.24. The predicted octanol–water partition coefficient (Wildman–Crippen LogP) is 2.59. The van der Waals surface area contributed by atoms with Crippen LogP contribution in [-0.4, -0.2) is 36.3 Å². The lowest BCUT2D eigenvalue weighted by atomic mass is 10.1. The zero-order valence-electron chi connectivity index (χ0n) is 16.0. The third-order valence-corrected chi connectivity index (χ3v) is 4.43. The molecule has 0 aliphatic carbocycles. The van der Waals surface area contributed by atoms with Gasteiger partial charge in [-0.25, -0.2) is 17.5 Å². The predicted molar refractivity (Wildman–Crippen MR) is 111 cm³/mol. The fourth-order valence-electron chi connectivity index (χ4n) is 2.68. The average molecular weight is 431 g/mol. The Kier molecular flexibility index (Phi) is 5.83. The van der Waals surface area contributed by atoms with Crippen molar-refractivity contribution in [1.82, 2.24) is 9.78 Å². The molecule has 3 rings (SSSR count). The Morgan fingerprint density at radius 1 is 1.07 bits per heavy atom. The van der Waals surface area contributed by atoms with E-state index < -0.39 is 21.7 Å². The molecule has 0 fully saturated rings. The number of hydrogen-bond donors (Lipinski definition) is 3. The van der Waals surface area contributed by atoms with Crippen molar-refractivity contribution in [2.75, 3.05) is 21.6 Å². The second-order valence-corrected chi connectivity index (χ2v) is 8.14. The first-order valence-electron chi connectivity index (χ1n) is 8.63. The van der Waals surface area contributed by atoms with Gasteiger partial charge in [0.2, 0.25) is 15.9 Å². The summed E-state index contributed by atoms with van der Waals surface area (Å²) >= 11 is 0. The summed E-state index contributed by atoms with van der Waals surface area (Å²) in [7, 11) is -3.67. The van der Waals surface area contributed by atoms with Crippen LogP contribution in [0, 0.1) is 5.82 Å². The highest BCUT2D eigenvalue weighted by molar-refractivity contribution is 7.92. The number of anilines is 3. The van der Waals surface area contributed by atoms with Crippen molar-refractivity contribution >= 4 is 38.9 Å². The molecule has 1 aromatic heterocycles. The van der Waals surface area contributed by atoms with E-state index in [0.717, 1.165) is 12.3 Å². The van der Waals surface area contributed by atoms with Crippen LogP contribution in [0.5, 0.6) is 0 Å². The normalized spacial score (nSPS) is 11.0. The molecule has 0 spiro atoms. The molecule has 156 valence electrons. The summed E-state index contributed by atoms with van der Waals surface area (Å²) in [6.07, 6.45) is 4.03. The SMILES string of the molecule is CC(=O)Nc1ccc(NS(C)(=O)=O)c(C(=O)Nc2ccc(-n3cccn3)c(F)c2)c1. The van der Waals surface area contributed by atoms with Crippen molar-refractivity contribution in [1.29, 1.82) is 0 Å². The molecule has 2 amide bonds. The molecule has 0 aliphatic heterocycles. The largest absolute Gasteiger partial charge is 0.326 e. The summed E-state index contributed by atoms with van der Waals surface area (Å²) in [4.78, 5) is 24.1. The Morgan fingerprint density at radius 2 is 1.77 bits per heavy atom. The third kappa shape index (κ3) is 5.20. The summed E-state index contributed by atoms with van der Waals surface area (Å²) in [5.41, 5.74) is 0.613. The van der Waals surface area contributed by atoms with Gasteiger partial charge in [-0.1, -0.05) is 0 Å². The molecule has 11 heteroatoms. The molecular weight excluding hydrogens is 413 g/mol. The Hall–Kier alpha value is -3.73. The molecule has 0 radical (unpaired) electrons. The van der Waals surface area contributed by atoms with Crippen LogP contribution in [0.4, 0.5) is 21.5 Å². The highest BCUT2D eigenvalue weighted by Gasteiger charge is 2.17. The van der Waals surface area contributed by atoms with Crippen LogP contribution >= 0.6 is 0 Å². The fraction of sp³-hybridized carbons (Fsp3) is 0.105. The number of carbonyl (C=O) groups is 2. The number of hydrogen-bond acceptors (Lipinski definition) is 5. The van der Waals surface area contributed by atoms with Gasteiger partial charge in [-0.15, -0.1) is 0 Å². The minimum atomic E-state index is -3.67. The van der Waals surface area contributed by atoms with Gasteiger partial charge in [0.25, 0.3) is 5.91 Å². The van der Waals surface area contributed by atoms with Crippen LogP contribution < -0.4 is 15.4 Å². The van der Waals surface area contributed by atoms with Crippen LogP contribution in [0.3, 0.4) is 0 Å². The fourth-order valence-corrected chi connectivity index (χ4v) is 3.26. The number of nitrogens with one attached hydrogen (secondary N) is 3. The van der Waals surface area contributed by atoms with E-state index in [1.807, 2.05) is 0 Å². The van der Waals surface area contributed by atoms with Crippen molar-refractivity contribution in [2.24, 2.45) is 0 Å². The van der Waals surface area contributed by atoms with E-state index in [1.165, 1.54) is 48.1 Å². The van der Waals surface area contributed by atoms with Gasteiger partial charge in [0.1, 0.15) is 5.69 Å². The molecule has 3 aromatic rings. The van der Waals surface area contributed by atoms with Gasteiger partial charge in [0.05, 0.1) is 17.5 Å². The molecule has 1 heterocycles. The first-order valence-corrected chi connectivity index (χ1v) is 10.5. The van der Waals surface area contributed by atoms with Crippen LogP contribution in [0.1, 0.15) is 17.3 Å². The molecule has 3 N–H and O–H groups in total. The molecule has 0 bridgehead atoms. The first-order chi connectivity index (χ1) is 14.1. The average Bonchev–Trinajstić information content (AvgIpc) is 3.15. The summed E-state index contributed by atoms with van der Waals surface area (Å²) < 4.78 is 41.3. The summed E-state index contributed by atoms with van der Waals surface area (Å²) in [5, 5.41) is 9.00. The van der Waals surface area contributed by atoms with Crippen molar-refractivity contribution in [3.8, 4) is 5.69 Å². The monoisotopic (exact) mass is 431 g/mol. The van der Waals surface area contributed by atoms with Crippen LogP contribution in [0.15, 0.2) is 54.9 Å². The zero-order valence-corrected chi connectivity index (χ0v) is 16.8. The minimum Gasteiger partial charge on any atom is -0.326 e. The number of amides is 2. The second-order valence-electron chi connectivity index (χ2n) is 6.39. The van der Waals surface area contributed by atoms with E-state index in [9.17, 15) is 22.4 Å². The number of aromatic nitrogens is 2. The summed E-state index contributed by atoms with van der Waals surface area (Å²) in [5.74, 6) is -1.67. The molecule has 0 saturated carbocycles. The van der Waals surface area contributed by atoms with Gasteiger partial charge in [-0.05, 0) is 42.5 Å². The lowest BCUT2D eigenvalue weighted by molar-refractivity contribution is -0.114. The van der Waals surface area contributed by atoms with Crippen molar-refractivity contribution in [2.45, 2.75) is 6.92 Å². The molecule has 30 heavy (non-hydrogen) atoms. The topological polar surface area (TPSA) is 122 Å².